The topological polar surface area (TPSA) is 104 Å². The molecule has 1 aliphatic rings. The van der Waals surface area contributed by atoms with Gasteiger partial charge in [-0.1, -0.05) is 29.8 Å². The molecule has 1 aliphatic heterocycles. The summed E-state index contributed by atoms with van der Waals surface area (Å²) < 4.78 is 0. The van der Waals surface area contributed by atoms with E-state index in [1.807, 2.05) is 30.5 Å². The Morgan fingerprint density at radius 1 is 1.18 bits per heavy atom. The molecule has 2 aromatic heterocycles. The van der Waals surface area contributed by atoms with Gasteiger partial charge in [0.05, 0.1) is 47.9 Å². The number of carbonyl (C=O) groups excluding carboxylic acids is 1. The number of hydrogen-bond acceptors (Lipinski definition) is 5. The quantitative estimate of drug-likeness (QED) is 0.364. The van der Waals surface area contributed by atoms with Crippen LogP contribution in [0.2, 0.25) is 5.02 Å². The van der Waals surface area contributed by atoms with Crippen LogP contribution in [0.3, 0.4) is 0 Å². The number of benzene rings is 2. The van der Waals surface area contributed by atoms with Gasteiger partial charge < -0.3 is 21.4 Å². The molecule has 5 rings (SSSR count). The fraction of sp³-hybridized carbons (Fsp3) is 0.0833. The van der Waals surface area contributed by atoms with Gasteiger partial charge in [-0.25, -0.2) is 9.78 Å². The van der Waals surface area contributed by atoms with E-state index in [1.54, 1.807) is 41.9 Å². The second kappa shape index (κ2) is 8.65. The van der Waals surface area contributed by atoms with Crippen molar-refractivity contribution in [3.63, 3.8) is 0 Å². The van der Waals surface area contributed by atoms with Crippen molar-refractivity contribution in [2.24, 2.45) is 11.5 Å². The summed E-state index contributed by atoms with van der Waals surface area (Å²) in [5, 5.41) is 2.58. The number of amides is 2. The number of urea groups is 1. The van der Waals surface area contributed by atoms with Gasteiger partial charge in [-0.05, 0) is 41.8 Å². The van der Waals surface area contributed by atoms with E-state index in [1.165, 1.54) is 9.78 Å². The predicted octanol–water partition coefficient (Wildman–Crippen LogP) is 5.28. The fourth-order valence-corrected chi connectivity index (χ4v) is 5.13. The number of halogens is 1. The van der Waals surface area contributed by atoms with Crippen LogP contribution in [-0.2, 0) is 13.1 Å². The maximum atomic E-state index is 12.3. The first kappa shape index (κ1) is 21.1. The molecule has 3 heterocycles. The van der Waals surface area contributed by atoms with Crippen molar-refractivity contribution in [2.75, 3.05) is 4.90 Å². The minimum absolute atomic E-state index is 0.521. The van der Waals surface area contributed by atoms with E-state index in [-0.39, 0.29) is 0 Å². The predicted molar refractivity (Wildman–Crippen MR) is 133 cm³/mol. The summed E-state index contributed by atoms with van der Waals surface area (Å²) >= 11 is 7.84. The molecule has 2 aromatic carbocycles. The third-order valence-electron chi connectivity index (χ3n) is 5.47. The van der Waals surface area contributed by atoms with Crippen molar-refractivity contribution in [1.82, 2.24) is 14.9 Å². The van der Waals surface area contributed by atoms with E-state index in [0.29, 0.717) is 22.9 Å². The Balaban J connectivity index is 1.45. The number of nitrogens with one attached hydrogen (secondary N) is 1. The van der Waals surface area contributed by atoms with Crippen molar-refractivity contribution in [3.8, 4) is 11.3 Å². The van der Waals surface area contributed by atoms with Crippen molar-refractivity contribution in [2.45, 2.75) is 13.1 Å². The highest BCUT2D eigenvalue weighted by Gasteiger charge is 2.20. The molecule has 0 spiro atoms. The summed E-state index contributed by atoms with van der Waals surface area (Å²) in [5.74, 6) is 0. The highest BCUT2D eigenvalue weighted by atomic mass is 35.5. The van der Waals surface area contributed by atoms with Gasteiger partial charge in [0, 0.05) is 27.2 Å². The fourth-order valence-electron chi connectivity index (χ4n) is 4.02. The van der Waals surface area contributed by atoms with Gasteiger partial charge in [0.2, 0.25) is 0 Å². The number of nitrogens with zero attached hydrogens (tertiary/aromatic N) is 3. The maximum Gasteiger partial charge on any atom is 0.323 e. The van der Waals surface area contributed by atoms with Gasteiger partial charge in [0.15, 0.2) is 0 Å². The number of anilines is 2. The first-order valence-corrected chi connectivity index (χ1v) is 11.5. The molecule has 5 N–H and O–H groups in total. The van der Waals surface area contributed by atoms with E-state index in [4.69, 9.17) is 23.1 Å². The summed E-state index contributed by atoms with van der Waals surface area (Å²) in [5.41, 5.74) is 17.7. The van der Waals surface area contributed by atoms with Crippen molar-refractivity contribution in [1.29, 1.82) is 0 Å². The number of imidazole rings is 1. The average molecular weight is 477 g/mol. The standard InChI is InChI=1S/C24H21ClN6OS/c25-16-4-2-6-18(10-16)31(24(27)32)17-5-1-3-15(9-17)23-21(28-14-29-23)12-30-11-20(26)19-7-8-33-22(19)13-30/h1-11,14H,12-13,26H2,(H2,27,32)(H,28,29). The zero-order valence-electron chi connectivity index (χ0n) is 17.5. The van der Waals surface area contributed by atoms with Crippen LogP contribution in [0.5, 0.6) is 0 Å². The number of aromatic amines is 1. The van der Waals surface area contributed by atoms with E-state index < -0.39 is 6.03 Å². The summed E-state index contributed by atoms with van der Waals surface area (Å²) in [4.78, 5) is 24.9. The number of H-pyrrole nitrogens is 1. The second-order valence-corrected chi connectivity index (χ2v) is 9.12. The highest BCUT2D eigenvalue weighted by Crippen LogP contribution is 2.33. The number of thiophene rings is 1. The lowest BCUT2D eigenvalue weighted by Gasteiger charge is -2.25. The Kier molecular flexibility index (Phi) is 5.53. The number of nitrogens with two attached hydrogens (primary N) is 2. The van der Waals surface area contributed by atoms with E-state index >= 15 is 0 Å². The largest absolute Gasteiger partial charge is 0.397 e. The van der Waals surface area contributed by atoms with E-state index in [0.717, 1.165) is 34.8 Å². The molecule has 166 valence electrons. The van der Waals surface area contributed by atoms with Gasteiger partial charge in [-0.2, -0.15) is 0 Å². The first-order chi connectivity index (χ1) is 16.0. The number of primary amides is 1. The Bertz CT molecular complexity index is 1360. The molecule has 0 atom stereocenters. The minimum atomic E-state index is -0.600. The van der Waals surface area contributed by atoms with Gasteiger partial charge in [-0.15, -0.1) is 11.3 Å². The summed E-state index contributed by atoms with van der Waals surface area (Å²) in [6.07, 6.45) is 3.65. The van der Waals surface area contributed by atoms with Crippen molar-refractivity contribution in [3.05, 3.63) is 93.7 Å². The third kappa shape index (κ3) is 4.18. The van der Waals surface area contributed by atoms with Crippen LogP contribution in [0.4, 0.5) is 16.2 Å². The van der Waals surface area contributed by atoms with E-state index in [9.17, 15) is 4.79 Å². The Morgan fingerprint density at radius 3 is 2.76 bits per heavy atom. The zero-order chi connectivity index (χ0) is 22.9. The number of rotatable bonds is 5. The molecule has 0 fully saturated rings. The first-order valence-electron chi connectivity index (χ1n) is 10.3. The molecule has 0 radical (unpaired) electrons. The summed E-state index contributed by atoms with van der Waals surface area (Å²) in [6.45, 7) is 1.40. The molecule has 33 heavy (non-hydrogen) atoms. The molecule has 2 amide bonds. The molecule has 0 aliphatic carbocycles. The van der Waals surface area contributed by atoms with Crippen LogP contribution >= 0.6 is 22.9 Å². The van der Waals surface area contributed by atoms with E-state index in [2.05, 4.69) is 26.3 Å². The molecule has 0 saturated heterocycles. The van der Waals surface area contributed by atoms with Crippen LogP contribution < -0.4 is 16.4 Å². The van der Waals surface area contributed by atoms with Gasteiger partial charge in [0.1, 0.15) is 0 Å². The Labute approximate surface area is 199 Å². The van der Waals surface area contributed by atoms with Crippen LogP contribution in [0.15, 0.2) is 72.5 Å². The monoisotopic (exact) mass is 476 g/mol. The Morgan fingerprint density at radius 2 is 1.97 bits per heavy atom. The summed E-state index contributed by atoms with van der Waals surface area (Å²) in [7, 11) is 0. The second-order valence-electron chi connectivity index (χ2n) is 7.68. The minimum Gasteiger partial charge on any atom is -0.397 e. The number of fused-ring (bicyclic) bond motifs is 1. The molecule has 0 saturated carbocycles. The number of hydrogen-bond donors (Lipinski definition) is 3. The normalized spacial score (nSPS) is 12.9. The molecule has 9 heteroatoms. The zero-order valence-corrected chi connectivity index (χ0v) is 19.1. The average Bonchev–Trinajstić information content (AvgIpc) is 3.44. The number of carbonyl (C=O) groups is 1. The molecular formula is C24H21ClN6OS. The van der Waals surface area contributed by atoms with Crippen LogP contribution in [0, 0.1) is 0 Å². The molecule has 4 aromatic rings. The lowest BCUT2D eigenvalue weighted by Crippen LogP contribution is -2.31. The smallest absolute Gasteiger partial charge is 0.323 e. The summed E-state index contributed by atoms with van der Waals surface area (Å²) in [6, 6.07) is 16.0. The Hall–Kier alpha value is -3.75. The SMILES string of the molecule is NC(=O)N(c1cccc(Cl)c1)c1cccc(-c2nc[nH]c2CN2C=C(N)c3ccsc3C2)c1. The maximum absolute atomic E-state index is 12.3. The van der Waals surface area contributed by atoms with Crippen molar-refractivity contribution >= 4 is 46.0 Å². The molecule has 7 nitrogen and oxygen atoms in total. The van der Waals surface area contributed by atoms with Crippen LogP contribution in [0.1, 0.15) is 16.1 Å². The lowest BCUT2D eigenvalue weighted by atomic mass is 10.1. The van der Waals surface area contributed by atoms with Crippen LogP contribution in [0.25, 0.3) is 17.0 Å². The third-order valence-corrected chi connectivity index (χ3v) is 6.61. The molecule has 0 unspecified atom stereocenters. The van der Waals surface area contributed by atoms with Crippen LogP contribution in [-0.4, -0.2) is 20.9 Å². The molecular weight excluding hydrogens is 456 g/mol. The lowest BCUT2D eigenvalue weighted by molar-refractivity contribution is 0.256. The number of aromatic nitrogens is 2. The van der Waals surface area contributed by atoms with Gasteiger partial charge in [0.25, 0.3) is 0 Å². The van der Waals surface area contributed by atoms with Gasteiger partial charge >= 0.3 is 6.03 Å². The van der Waals surface area contributed by atoms with Gasteiger partial charge in [-0.3, -0.25) is 4.90 Å². The molecule has 0 bridgehead atoms. The van der Waals surface area contributed by atoms with Crippen molar-refractivity contribution < 1.29 is 4.79 Å². The highest BCUT2D eigenvalue weighted by molar-refractivity contribution is 7.10.